The van der Waals surface area contributed by atoms with Crippen LogP contribution < -0.4 is 10.5 Å². The van der Waals surface area contributed by atoms with Crippen molar-refractivity contribution < 1.29 is 8.94 Å². The molecule has 4 aromatic rings. The number of fused-ring (bicyclic) bond motifs is 1. The molecule has 0 aliphatic carbocycles. The van der Waals surface area contributed by atoms with Gasteiger partial charge in [0.1, 0.15) is 11.1 Å². The van der Waals surface area contributed by atoms with Crippen molar-refractivity contribution in [3.05, 3.63) is 64.0 Å². The van der Waals surface area contributed by atoms with Crippen LogP contribution in [0.1, 0.15) is 13.8 Å². The molecule has 2 aromatic heterocycles. The number of hydrogen-bond donors (Lipinski definition) is 0. The van der Waals surface area contributed by atoms with E-state index in [-0.39, 0.29) is 11.5 Å². The Kier molecular flexibility index (Phi) is 4.88. The fourth-order valence-electron chi connectivity index (χ4n) is 3.12. The number of hydrogen-bond acceptors (Lipinski definition) is 6. The molecular weight excluding hydrogens is 378 g/mol. The first-order chi connectivity index (χ1) is 13.6. The molecule has 0 bridgehead atoms. The molecule has 0 fully saturated rings. The topological polar surface area (TPSA) is 72.4 Å². The van der Waals surface area contributed by atoms with Gasteiger partial charge in [0.25, 0.3) is 5.89 Å². The van der Waals surface area contributed by atoms with E-state index < -0.39 is 5.63 Å². The largest absolute Gasteiger partial charge is 0.422 e. The molecule has 7 heteroatoms. The molecular formula is C21H18ClN3O3. The van der Waals surface area contributed by atoms with Crippen molar-refractivity contribution in [1.82, 2.24) is 10.1 Å². The van der Waals surface area contributed by atoms with Crippen LogP contribution >= 0.6 is 11.6 Å². The molecule has 28 heavy (non-hydrogen) atoms. The van der Waals surface area contributed by atoms with E-state index in [1.54, 1.807) is 18.2 Å². The van der Waals surface area contributed by atoms with E-state index in [9.17, 15) is 4.79 Å². The highest BCUT2D eigenvalue weighted by atomic mass is 35.5. The minimum absolute atomic E-state index is 0.0957. The number of nitrogens with zero attached hydrogens (tertiary/aromatic N) is 3. The van der Waals surface area contributed by atoms with Gasteiger partial charge < -0.3 is 13.8 Å². The van der Waals surface area contributed by atoms with Crippen molar-refractivity contribution >= 4 is 28.3 Å². The molecule has 0 aliphatic rings. The lowest BCUT2D eigenvalue weighted by atomic mass is 10.1. The first-order valence-corrected chi connectivity index (χ1v) is 9.40. The molecule has 0 aliphatic heterocycles. The third-order valence-corrected chi connectivity index (χ3v) is 4.95. The third kappa shape index (κ3) is 3.27. The number of benzene rings is 2. The summed E-state index contributed by atoms with van der Waals surface area (Å²) in [5.74, 6) is 0.412. The summed E-state index contributed by atoms with van der Waals surface area (Å²) in [6.07, 6.45) is 0. The predicted molar refractivity (Wildman–Crippen MR) is 110 cm³/mol. The van der Waals surface area contributed by atoms with Crippen molar-refractivity contribution in [3.8, 4) is 22.8 Å². The van der Waals surface area contributed by atoms with Crippen molar-refractivity contribution in [2.75, 3.05) is 18.0 Å². The molecule has 0 atom stereocenters. The maximum Gasteiger partial charge on any atom is 0.349 e. The number of rotatable bonds is 5. The Labute approximate surface area is 166 Å². The highest BCUT2D eigenvalue weighted by molar-refractivity contribution is 6.33. The minimum atomic E-state index is -0.529. The summed E-state index contributed by atoms with van der Waals surface area (Å²) in [6.45, 7) is 5.91. The first-order valence-electron chi connectivity index (χ1n) is 9.02. The molecule has 2 aromatic carbocycles. The molecule has 4 rings (SSSR count). The normalized spacial score (nSPS) is 11.1. The summed E-state index contributed by atoms with van der Waals surface area (Å²) < 4.78 is 10.8. The van der Waals surface area contributed by atoms with Crippen LogP contribution in [0.5, 0.6) is 0 Å². The smallest absolute Gasteiger partial charge is 0.349 e. The van der Waals surface area contributed by atoms with Crippen molar-refractivity contribution in [2.45, 2.75) is 13.8 Å². The Morgan fingerprint density at radius 3 is 2.57 bits per heavy atom. The summed E-state index contributed by atoms with van der Waals surface area (Å²) in [6, 6.07) is 14.7. The van der Waals surface area contributed by atoms with Crippen molar-refractivity contribution in [3.63, 3.8) is 0 Å². The highest BCUT2D eigenvalue weighted by Gasteiger charge is 2.17. The van der Waals surface area contributed by atoms with Crippen LogP contribution in [-0.2, 0) is 0 Å². The molecule has 0 amide bonds. The Morgan fingerprint density at radius 1 is 1.04 bits per heavy atom. The molecule has 0 unspecified atom stereocenters. The second kappa shape index (κ2) is 7.48. The van der Waals surface area contributed by atoms with Gasteiger partial charge >= 0.3 is 5.63 Å². The zero-order valence-corrected chi connectivity index (χ0v) is 16.2. The monoisotopic (exact) mass is 395 g/mol. The quantitative estimate of drug-likeness (QED) is 0.442. The summed E-state index contributed by atoms with van der Waals surface area (Å²) >= 11 is 6.18. The van der Waals surface area contributed by atoms with Crippen molar-refractivity contribution in [2.24, 2.45) is 0 Å². The van der Waals surface area contributed by atoms with Gasteiger partial charge in [-0.05, 0) is 44.2 Å². The lowest BCUT2D eigenvalue weighted by Crippen LogP contribution is -2.21. The maximum absolute atomic E-state index is 12.5. The molecule has 2 heterocycles. The zero-order chi connectivity index (χ0) is 19.7. The van der Waals surface area contributed by atoms with Crippen LogP contribution in [-0.4, -0.2) is 23.2 Å². The fraction of sp³-hybridized carbons (Fsp3) is 0.190. The summed E-state index contributed by atoms with van der Waals surface area (Å²) in [4.78, 5) is 19.0. The van der Waals surface area contributed by atoms with Crippen LogP contribution in [0.2, 0.25) is 5.02 Å². The lowest BCUT2D eigenvalue weighted by Gasteiger charge is -2.20. The standard InChI is InChI=1S/C21H18ClN3O3/c1-3-25(4-2)14-10-9-13-11-16(21(26)27-18(13)12-14)20-23-19(24-28-20)15-7-5-6-8-17(15)22/h5-12H,3-4H2,1-2H3. The Balaban J connectivity index is 1.76. The van der Waals surface area contributed by atoms with Gasteiger partial charge in [0.2, 0.25) is 5.82 Å². The van der Waals surface area contributed by atoms with Crippen LogP contribution in [0.3, 0.4) is 0 Å². The summed E-state index contributed by atoms with van der Waals surface area (Å²) in [5.41, 5.74) is 1.84. The number of aromatic nitrogens is 2. The van der Waals surface area contributed by atoms with Crippen molar-refractivity contribution in [1.29, 1.82) is 0 Å². The first kappa shape index (κ1) is 18.3. The molecule has 6 nitrogen and oxygen atoms in total. The van der Waals surface area contributed by atoms with Gasteiger partial charge in [0, 0.05) is 35.8 Å². The number of halogens is 1. The van der Waals surface area contributed by atoms with Gasteiger partial charge in [-0.1, -0.05) is 28.9 Å². The van der Waals surface area contributed by atoms with Crippen LogP contribution in [0.25, 0.3) is 33.8 Å². The van der Waals surface area contributed by atoms with Gasteiger partial charge in [0.15, 0.2) is 0 Å². The van der Waals surface area contributed by atoms with Gasteiger partial charge in [-0.2, -0.15) is 4.98 Å². The van der Waals surface area contributed by atoms with E-state index in [2.05, 4.69) is 28.9 Å². The number of anilines is 1. The van der Waals surface area contributed by atoms with E-state index in [0.29, 0.717) is 22.0 Å². The molecule has 142 valence electrons. The van der Waals surface area contributed by atoms with Crippen LogP contribution in [0.4, 0.5) is 5.69 Å². The minimum Gasteiger partial charge on any atom is -0.422 e. The van der Waals surface area contributed by atoms with Crippen LogP contribution in [0.15, 0.2) is 62.3 Å². The Hall–Kier alpha value is -3.12. The highest BCUT2D eigenvalue weighted by Crippen LogP contribution is 2.28. The Morgan fingerprint density at radius 2 is 1.82 bits per heavy atom. The second-order valence-electron chi connectivity index (χ2n) is 6.24. The van der Waals surface area contributed by atoms with Gasteiger partial charge in [-0.25, -0.2) is 4.79 Å². The average molecular weight is 396 g/mol. The molecule has 0 N–H and O–H groups in total. The summed E-state index contributed by atoms with van der Waals surface area (Å²) in [5, 5.41) is 5.23. The third-order valence-electron chi connectivity index (χ3n) is 4.62. The van der Waals surface area contributed by atoms with E-state index in [1.165, 1.54) is 0 Å². The lowest BCUT2D eigenvalue weighted by molar-refractivity contribution is 0.429. The van der Waals surface area contributed by atoms with E-state index >= 15 is 0 Å². The second-order valence-corrected chi connectivity index (χ2v) is 6.65. The van der Waals surface area contributed by atoms with E-state index in [1.807, 2.05) is 30.3 Å². The van der Waals surface area contributed by atoms with E-state index in [0.717, 1.165) is 24.2 Å². The average Bonchev–Trinajstić information content (AvgIpc) is 3.18. The molecule has 0 spiro atoms. The van der Waals surface area contributed by atoms with Gasteiger partial charge in [0.05, 0.1) is 5.02 Å². The van der Waals surface area contributed by atoms with Gasteiger partial charge in [-0.3, -0.25) is 0 Å². The Bertz CT molecular complexity index is 1190. The molecule has 0 radical (unpaired) electrons. The molecule has 0 saturated carbocycles. The fourth-order valence-corrected chi connectivity index (χ4v) is 3.34. The molecule has 0 saturated heterocycles. The van der Waals surface area contributed by atoms with Crippen LogP contribution in [0, 0.1) is 0 Å². The van der Waals surface area contributed by atoms with E-state index in [4.69, 9.17) is 20.5 Å². The van der Waals surface area contributed by atoms with Gasteiger partial charge in [-0.15, -0.1) is 0 Å². The maximum atomic E-state index is 12.5. The summed E-state index contributed by atoms with van der Waals surface area (Å²) in [7, 11) is 0. The SMILES string of the molecule is CCN(CC)c1ccc2cc(-c3nc(-c4ccccc4Cl)no3)c(=O)oc2c1. The predicted octanol–water partition coefficient (Wildman–Crippen LogP) is 5.01. The zero-order valence-electron chi connectivity index (χ0n) is 15.5.